The normalized spacial score (nSPS) is 13.7. The van der Waals surface area contributed by atoms with Crippen molar-refractivity contribution in [3.8, 4) is 0 Å². The molecule has 0 aromatic rings. The molecule has 0 aliphatic heterocycles. The molecule has 0 saturated heterocycles. The van der Waals surface area contributed by atoms with Crippen molar-refractivity contribution in [2.24, 2.45) is 0 Å². The van der Waals surface area contributed by atoms with Gasteiger partial charge in [-0.25, -0.2) is 0 Å². The van der Waals surface area contributed by atoms with Crippen LogP contribution in [0.15, 0.2) is 0 Å². The summed E-state index contributed by atoms with van der Waals surface area (Å²) in [6, 6.07) is 0. The first-order valence-electron chi connectivity index (χ1n) is 2.64. The molecule has 1 atom stereocenters. The van der Waals surface area contributed by atoms with E-state index < -0.39 is 0 Å². The third-order valence-corrected chi connectivity index (χ3v) is 2.17. The van der Waals surface area contributed by atoms with E-state index in [1.807, 2.05) is 0 Å². The zero-order valence-corrected chi connectivity index (χ0v) is 8.88. The van der Waals surface area contributed by atoms with Gasteiger partial charge in [-0.1, -0.05) is 31.9 Å². The number of alkyl halides is 3. The highest BCUT2D eigenvalue weighted by Crippen LogP contribution is 1.99. The molecule has 56 valence electrons. The first-order chi connectivity index (χ1) is 4.35. The van der Waals surface area contributed by atoms with Crippen molar-refractivity contribution in [3.63, 3.8) is 0 Å². The number of rotatable bonds is 5. The number of hydrogen-bond donors (Lipinski definition) is 0. The lowest BCUT2D eigenvalue weighted by Crippen LogP contribution is -2.17. The molecule has 0 aliphatic carbocycles. The molecule has 9 heavy (non-hydrogen) atoms. The Kier molecular flexibility index (Phi) is 8.30. The van der Waals surface area contributed by atoms with Crippen molar-refractivity contribution in [1.82, 2.24) is 0 Å². The molecule has 0 aromatic heterocycles. The first-order valence-corrected chi connectivity index (χ1v) is 5.42. The summed E-state index contributed by atoms with van der Waals surface area (Å²) in [5.41, 5.74) is 0. The van der Waals surface area contributed by atoms with Crippen LogP contribution in [0.1, 0.15) is 0 Å². The molecule has 0 rings (SSSR count). The SMILES string of the molecule is ClC[C@H](CBr)OCCBr. The van der Waals surface area contributed by atoms with Crippen molar-refractivity contribution >= 4 is 43.5 Å². The molecule has 0 aromatic carbocycles. The predicted molar refractivity (Wildman–Crippen MR) is 48.0 cm³/mol. The van der Waals surface area contributed by atoms with E-state index in [2.05, 4.69) is 31.9 Å². The summed E-state index contributed by atoms with van der Waals surface area (Å²) >= 11 is 12.1. The summed E-state index contributed by atoms with van der Waals surface area (Å²) in [4.78, 5) is 0. The maximum Gasteiger partial charge on any atom is 0.0807 e. The minimum Gasteiger partial charge on any atom is -0.375 e. The Balaban J connectivity index is 3.09. The fourth-order valence-corrected chi connectivity index (χ4v) is 1.41. The monoisotopic (exact) mass is 278 g/mol. The summed E-state index contributed by atoms with van der Waals surface area (Å²) in [6.07, 6.45) is 0.157. The summed E-state index contributed by atoms with van der Waals surface area (Å²) in [6.45, 7) is 0.725. The maximum absolute atomic E-state index is 5.53. The molecular weight excluding hydrogens is 271 g/mol. The van der Waals surface area contributed by atoms with Crippen molar-refractivity contribution in [2.45, 2.75) is 6.10 Å². The van der Waals surface area contributed by atoms with E-state index in [-0.39, 0.29) is 6.10 Å². The van der Waals surface area contributed by atoms with Crippen LogP contribution in [0.5, 0.6) is 0 Å². The van der Waals surface area contributed by atoms with E-state index in [0.717, 1.165) is 17.3 Å². The second-order valence-corrected chi connectivity index (χ2v) is 3.24. The Labute approximate surface area is 77.4 Å². The van der Waals surface area contributed by atoms with Crippen LogP contribution in [0.25, 0.3) is 0 Å². The molecule has 1 nitrogen and oxygen atoms in total. The highest BCUT2D eigenvalue weighted by Gasteiger charge is 2.02. The van der Waals surface area contributed by atoms with Crippen molar-refractivity contribution in [2.75, 3.05) is 23.1 Å². The van der Waals surface area contributed by atoms with Gasteiger partial charge in [-0.2, -0.15) is 0 Å². The van der Waals surface area contributed by atoms with Gasteiger partial charge < -0.3 is 4.74 Å². The molecular formula is C5H9Br2ClO. The average molecular weight is 280 g/mol. The number of hydrogen-bond acceptors (Lipinski definition) is 1. The van der Waals surface area contributed by atoms with E-state index >= 15 is 0 Å². The Morgan fingerprint density at radius 2 is 2.11 bits per heavy atom. The summed E-state index contributed by atoms with van der Waals surface area (Å²) in [5.74, 6) is 0.554. The van der Waals surface area contributed by atoms with Gasteiger partial charge in [0.1, 0.15) is 0 Å². The largest absolute Gasteiger partial charge is 0.375 e. The van der Waals surface area contributed by atoms with Crippen LogP contribution in [0.4, 0.5) is 0 Å². The highest BCUT2D eigenvalue weighted by atomic mass is 79.9. The summed E-state index contributed by atoms with van der Waals surface area (Å²) in [5, 5.41) is 1.68. The van der Waals surface area contributed by atoms with Crippen molar-refractivity contribution in [1.29, 1.82) is 0 Å². The predicted octanol–water partition coefficient (Wildman–Crippen LogP) is 2.40. The Hall–Kier alpha value is 1.21. The maximum atomic E-state index is 5.53. The van der Waals surface area contributed by atoms with Crippen molar-refractivity contribution in [3.05, 3.63) is 0 Å². The fraction of sp³-hybridized carbons (Fsp3) is 1.00. The molecule has 0 fully saturated rings. The van der Waals surface area contributed by atoms with Gasteiger partial charge in [-0.15, -0.1) is 11.6 Å². The zero-order valence-electron chi connectivity index (χ0n) is 4.95. The first kappa shape index (κ1) is 10.2. The zero-order chi connectivity index (χ0) is 7.11. The Morgan fingerprint density at radius 3 is 2.44 bits per heavy atom. The fourth-order valence-electron chi connectivity index (χ4n) is 0.342. The summed E-state index contributed by atoms with van der Waals surface area (Å²) < 4.78 is 5.26. The smallest absolute Gasteiger partial charge is 0.0807 e. The third kappa shape index (κ3) is 5.64. The van der Waals surface area contributed by atoms with Crippen LogP contribution < -0.4 is 0 Å². The number of halogens is 3. The quantitative estimate of drug-likeness (QED) is 0.703. The second kappa shape index (κ2) is 7.32. The van der Waals surface area contributed by atoms with Gasteiger partial charge in [0.2, 0.25) is 0 Å². The van der Waals surface area contributed by atoms with Gasteiger partial charge in [0.05, 0.1) is 12.7 Å². The van der Waals surface area contributed by atoms with E-state index in [4.69, 9.17) is 16.3 Å². The lowest BCUT2D eigenvalue weighted by Gasteiger charge is -2.09. The highest BCUT2D eigenvalue weighted by molar-refractivity contribution is 9.09. The lowest BCUT2D eigenvalue weighted by atomic mass is 10.5. The lowest BCUT2D eigenvalue weighted by molar-refractivity contribution is 0.0990. The Morgan fingerprint density at radius 1 is 1.44 bits per heavy atom. The van der Waals surface area contributed by atoms with E-state index in [1.165, 1.54) is 0 Å². The van der Waals surface area contributed by atoms with Gasteiger partial charge in [0, 0.05) is 16.5 Å². The molecule has 0 unspecified atom stereocenters. The van der Waals surface area contributed by atoms with Gasteiger partial charge in [0.15, 0.2) is 0 Å². The van der Waals surface area contributed by atoms with Crippen LogP contribution >= 0.6 is 43.5 Å². The third-order valence-electron chi connectivity index (χ3n) is 0.775. The van der Waals surface area contributed by atoms with E-state index in [1.54, 1.807) is 0 Å². The van der Waals surface area contributed by atoms with Gasteiger partial charge >= 0.3 is 0 Å². The minimum atomic E-state index is 0.157. The van der Waals surface area contributed by atoms with Crippen LogP contribution in [0, 0.1) is 0 Å². The molecule has 0 aliphatic rings. The molecule has 0 N–H and O–H groups in total. The molecule has 0 radical (unpaired) electrons. The van der Waals surface area contributed by atoms with E-state index in [9.17, 15) is 0 Å². The molecule has 4 heteroatoms. The number of ether oxygens (including phenoxy) is 1. The standard InChI is InChI=1S/C5H9Br2ClO/c6-1-2-9-5(3-7)4-8/h5H,1-4H2/t5-/m0/s1. The molecule has 0 heterocycles. The van der Waals surface area contributed by atoms with Gasteiger partial charge in [-0.3, -0.25) is 0 Å². The Bertz CT molecular complexity index is 58.9. The average Bonchev–Trinajstić information content (AvgIpc) is 1.91. The summed E-state index contributed by atoms with van der Waals surface area (Å²) in [7, 11) is 0. The van der Waals surface area contributed by atoms with Crippen LogP contribution in [-0.2, 0) is 4.74 Å². The van der Waals surface area contributed by atoms with Crippen LogP contribution in [0.3, 0.4) is 0 Å². The molecule has 0 saturated carbocycles. The second-order valence-electron chi connectivity index (χ2n) is 1.49. The molecule has 0 spiro atoms. The van der Waals surface area contributed by atoms with E-state index in [0.29, 0.717) is 5.88 Å². The van der Waals surface area contributed by atoms with Gasteiger partial charge in [0.25, 0.3) is 0 Å². The van der Waals surface area contributed by atoms with Crippen LogP contribution in [0.2, 0.25) is 0 Å². The van der Waals surface area contributed by atoms with Crippen LogP contribution in [-0.4, -0.2) is 29.3 Å². The molecule has 0 bridgehead atoms. The van der Waals surface area contributed by atoms with Gasteiger partial charge in [-0.05, 0) is 0 Å². The van der Waals surface area contributed by atoms with Crippen molar-refractivity contribution < 1.29 is 4.74 Å². The minimum absolute atomic E-state index is 0.157. The molecule has 0 amide bonds. The topological polar surface area (TPSA) is 9.23 Å².